The molecule has 0 bridgehead atoms. The normalized spacial score (nSPS) is 22.3. The van der Waals surface area contributed by atoms with E-state index in [9.17, 15) is 0 Å². The molecule has 1 spiro atoms. The average molecular weight is 284 g/mol. The van der Waals surface area contributed by atoms with Gasteiger partial charge in [0.2, 0.25) is 0 Å². The number of halogens is 1. The maximum absolute atomic E-state index is 6.02. The quantitative estimate of drug-likeness (QED) is 0.758. The number of fused-ring (bicyclic) bond motifs is 2. The van der Waals surface area contributed by atoms with Gasteiger partial charge in [0.15, 0.2) is 0 Å². The molecule has 0 aliphatic carbocycles. The number of nitrogen functional groups attached to an aromatic ring is 1. The number of nitrogens with two attached hydrogens (primary N) is 1. The Morgan fingerprint density at radius 2 is 2.19 bits per heavy atom. The summed E-state index contributed by atoms with van der Waals surface area (Å²) in [4.78, 5) is 4.16. The molecule has 1 aromatic rings. The summed E-state index contributed by atoms with van der Waals surface area (Å²) in [5.74, 6) is 0.558. The van der Waals surface area contributed by atoms with Crippen LogP contribution >= 0.6 is 15.9 Å². The van der Waals surface area contributed by atoms with E-state index in [4.69, 9.17) is 10.5 Å². The van der Waals surface area contributed by atoms with E-state index < -0.39 is 0 Å². The van der Waals surface area contributed by atoms with E-state index in [0.29, 0.717) is 12.4 Å². The number of pyridine rings is 1. The first-order chi connectivity index (χ1) is 7.73. The van der Waals surface area contributed by atoms with E-state index in [2.05, 4.69) is 26.2 Å². The monoisotopic (exact) mass is 283 g/mol. The number of piperidine rings is 1. The van der Waals surface area contributed by atoms with Gasteiger partial charge in [-0.2, -0.15) is 0 Å². The van der Waals surface area contributed by atoms with Gasteiger partial charge in [-0.05, 0) is 41.9 Å². The Morgan fingerprint density at radius 3 is 2.94 bits per heavy atom. The Bertz CT molecular complexity index is 424. The van der Waals surface area contributed by atoms with Gasteiger partial charge in [0.1, 0.15) is 5.82 Å². The lowest BCUT2D eigenvalue weighted by atomic mass is 9.85. The largest absolute Gasteiger partial charge is 0.383 e. The van der Waals surface area contributed by atoms with Gasteiger partial charge in [0, 0.05) is 17.3 Å². The molecule has 3 N–H and O–H groups in total. The minimum absolute atomic E-state index is 0.142. The van der Waals surface area contributed by atoms with Crippen LogP contribution in [0.5, 0.6) is 0 Å². The van der Waals surface area contributed by atoms with E-state index in [1.165, 1.54) is 11.1 Å². The van der Waals surface area contributed by atoms with Crippen molar-refractivity contribution in [3.05, 3.63) is 21.8 Å². The number of rotatable bonds is 0. The van der Waals surface area contributed by atoms with Crippen molar-refractivity contribution in [2.75, 3.05) is 18.8 Å². The molecule has 2 aliphatic rings. The fourth-order valence-electron chi connectivity index (χ4n) is 2.65. The Morgan fingerprint density at radius 1 is 1.44 bits per heavy atom. The van der Waals surface area contributed by atoms with Crippen LogP contribution in [0.2, 0.25) is 0 Å². The fourth-order valence-corrected chi connectivity index (χ4v) is 3.37. The van der Waals surface area contributed by atoms with Gasteiger partial charge >= 0.3 is 0 Å². The van der Waals surface area contributed by atoms with Crippen LogP contribution in [0.1, 0.15) is 24.0 Å². The van der Waals surface area contributed by atoms with Crippen molar-refractivity contribution in [2.45, 2.75) is 25.0 Å². The van der Waals surface area contributed by atoms with Crippen molar-refractivity contribution in [2.24, 2.45) is 0 Å². The molecule has 1 aromatic heterocycles. The topological polar surface area (TPSA) is 60.2 Å². The highest BCUT2D eigenvalue weighted by molar-refractivity contribution is 9.10. The Kier molecular flexibility index (Phi) is 2.42. The molecule has 86 valence electrons. The molecule has 4 nitrogen and oxygen atoms in total. The molecule has 1 fully saturated rings. The highest BCUT2D eigenvalue weighted by Crippen LogP contribution is 2.47. The maximum Gasteiger partial charge on any atom is 0.138 e. The summed E-state index contributed by atoms with van der Waals surface area (Å²) < 4.78 is 6.94. The van der Waals surface area contributed by atoms with E-state index >= 15 is 0 Å². The standard InChI is InChI=1S/C11H14BrN3O/c12-9-8-7(5-15-10(9)13)6-16-11(8)1-3-14-4-2-11/h5,14H,1-4,6H2,(H2,13,15). The predicted molar refractivity (Wildman–Crippen MR) is 64.9 cm³/mol. The summed E-state index contributed by atoms with van der Waals surface area (Å²) in [6, 6.07) is 0. The molecule has 0 saturated carbocycles. The van der Waals surface area contributed by atoms with Gasteiger partial charge in [-0.1, -0.05) is 0 Å². The van der Waals surface area contributed by atoms with Gasteiger partial charge in [0.05, 0.1) is 16.7 Å². The molecular weight excluding hydrogens is 270 g/mol. The number of ether oxygens (including phenoxy) is 1. The zero-order valence-electron chi connectivity index (χ0n) is 8.92. The lowest BCUT2D eigenvalue weighted by Crippen LogP contribution is -2.39. The molecule has 16 heavy (non-hydrogen) atoms. The minimum Gasteiger partial charge on any atom is -0.383 e. The van der Waals surface area contributed by atoms with Crippen molar-refractivity contribution in [3.63, 3.8) is 0 Å². The zero-order valence-corrected chi connectivity index (χ0v) is 10.5. The van der Waals surface area contributed by atoms with Crippen LogP contribution in [0.4, 0.5) is 5.82 Å². The molecule has 5 heteroatoms. The van der Waals surface area contributed by atoms with Crippen LogP contribution in [-0.2, 0) is 16.9 Å². The molecule has 0 aromatic carbocycles. The van der Waals surface area contributed by atoms with Crippen LogP contribution < -0.4 is 11.1 Å². The number of aromatic nitrogens is 1. The minimum atomic E-state index is -0.142. The van der Waals surface area contributed by atoms with Gasteiger partial charge in [-0.15, -0.1) is 0 Å². The van der Waals surface area contributed by atoms with Gasteiger partial charge in [0.25, 0.3) is 0 Å². The molecule has 0 radical (unpaired) electrons. The smallest absolute Gasteiger partial charge is 0.138 e. The van der Waals surface area contributed by atoms with Crippen molar-refractivity contribution in [3.8, 4) is 0 Å². The van der Waals surface area contributed by atoms with Crippen molar-refractivity contribution >= 4 is 21.7 Å². The summed E-state index contributed by atoms with van der Waals surface area (Å²) in [5.41, 5.74) is 8.10. The second-order valence-electron chi connectivity index (χ2n) is 4.39. The molecule has 3 heterocycles. The van der Waals surface area contributed by atoms with Crippen LogP contribution in [0, 0.1) is 0 Å². The summed E-state index contributed by atoms with van der Waals surface area (Å²) in [6.45, 7) is 2.64. The molecule has 2 aliphatic heterocycles. The highest BCUT2D eigenvalue weighted by Gasteiger charge is 2.43. The summed E-state index contributed by atoms with van der Waals surface area (Å²) in [5, 5.41) is 3.36. The Labute approximate surface area is 103 Å². The first kappa shape index (κ1) is 10.5. The summed E-state index contributed by atoms with van der Waals surface area (Å²) in [6.07, 6.45) is 3.84. The predicted octanol–water partition coefficient (Wildman–Crippen LogP) is 1.54. The maximum atomic E-state index is 6.02. The number of nitrogens with one attached hydrogen (secondary N) is 1. The fraction of sp³-hybridized carbons (Fsp3) is 0.545. The molecule has 0 atom stereocenters. The van der Waals surface area contributed by atoms with E-state index in [1.807, 2.05) is 6.20 Å². The second kappa shape index (κ2) is 3.68. The third kappa shape index (κ3) is 1.38. The van der Waals surface area contributed by atoms with Crippen molar-refractivity contribution in [1.82, 2.24) is 10.3 Å². The van der Waals surface area contributed by atoms with E-state index in [1.54, 1.807) is 0 Å². The number of anilines is 1. The lowest BCUT2D eigenvalue weighted by molar-refractivity contribution is -0.0593. The average Bonchev–Trinajstić information content (AvgIpc) is 2.65. The highest BCUT2D eigenvalue weighted by atomic mass is 79.9. The SMILES string of the molecule is Nc1ncc2c(c1Br)C1(CCNCC1)OC2. The zero-order chi connectivity index (χ0) is 11.2. The molecular formula is C11H14BrN3O. The van der Waals surface area contributed by atoms with Crippen LogP contribution in [0.25, 0.3) is 0 Å². The lowest BCUT2D eigenvalue weighted by Gasteiger charge is -2.34. The summed E-state index contributed by atoms with van der Waals surface area (Å²) >= 11 is 3.55. The van der Waals surface area contributed by atoms with Gasteiger partial charge < -0.3 is 15.8 Å². The Hall–Kier alpha value is -0.650. The third-order valence-corrected chi connectivity index (χ3v) is 4.30. The van der Waals surface area contributed by atoms with Crippen molar-refractivity contribution in [1.29, 1.82) is 0 Å². The third-order valence-electron chi connectivity index (χ3n) is 3.50. The summed E-state index contributed by atoms with van der Waals surface area (Å²) in [7, 11) is 0. The number of nitrogens with zero attached hydrogens (tertiary/aromatic N) is 1. The van der Waals surface area contributed by atoms with E-state index in [0.717, 1.165) is 30.4 Å². The molecule has 1 saturated heterocycles. The number of hydrogen-bond acceptors (Lipinski definition) is 4. The van der Waals surface area contributed by atoms with Crippen LogP contribution in [0.3, 0.4) is 0 Å². The number of hydrogen-bond donors (Lipinski definition) is 2. The van der Waals surface area contributed by atoms with Gasteiger partial charge in [-0.3, -0.25) is 0 Å². The molecule has 3 rings (SSSR count). The van der Waals surface area contributed by atoms with Crippen LogP contribution in [-0.4, -0.2) is 18.1 Å². The van der Waals surface area contributed by atoms with Gasteiger partial charge in [-0.25, -0.2) is 4.98 Å². The molecule has 0 unspecified atom stereocenters. The van der Waals surface area contributed by atoms with E-state index in [-0.39, 0.29) is 5.60 Å². The first-order valence-corrected chi connectivity index (χ1v) is 6.30. The Balaban J connectivity index is 2.13. The first-order valence-electron chi connectivity index (χ1n) is 5.51. The second-order valence-corrected chi connectivity index (χ2v) is 5.18. The van der Waals surface area contributed by atoms with Crippen molar-refractivity contribution < 1.29 is 4.74 Å². The molecule has 0 amide bonds. The van der Waals surface area contributed by atoms with Crippen LogP contribution in [0.15, 0.2) is 10.7 Å².